The molecule has 3 N–H and O–H groups in total. The normalized spacial score (nSPS) is 12.4. The summed E-state index contributed by atoms with van der Waals surface area (Å²) in [6.07, 6.45) is 2.66. The first-order chi connectivity index (χ1) is 10.1. The molecule has 1 atom stereocenters. The molecule has 0 aliphatic heterocycles. The molecular weight excluding hydrogens is 286 g/mol. The van der Waals surface area contributed by atoms with Gasteiger partial charge in [-0.2, -0.15) is 5.10 Å². The Hall–Kier alpha value is -1.56. The van der Waals surface area contributed by atoms with Crippen LogP contribution >= 0.6 is 11.6 Å². The molecule has 1 heterocycles. The molecule has 1 unspecified atom stereocenters. The van der Waals surface area contributed by atoms with Gasteiger partial charge in [0.25, 0.3) is 0 Å². The second kappa shape index (κ2) is 6.93. The van der Waals surface area contributed by atoms with Crippen molar-refractivity contribution in [1.82, 2.24) is 15.2 Å². The maximum Gasteiger partial charge on any atom is 0.0893 e. The first-order valence-electron chi connectivity index (χ1n) is 7.03. The fraction of sp³-hybridized carbons (Fsp3) is 0.400. The first-order valence-corrected chi connectivity index (χ1v) is 7.40. The number of hydrogen-bond donors (Lipinski definition) is 2. The maximum atomic E-state index is 6.30. The predicted octanol–water partition coefficient (Wildman–Crippen LogP) is 2.57. The van der Waals surface area contributed by atoms with Gasteiger partial charge in [0.15, 0.2) is 0 Å². The lowest BCUT2D eigenvalue weighted by Gasteiger charge is -2.20. The van der Waals surface area contributed by atoms with Gasteiger partial charge < -0.3 is 4.90 Å². The lowest BCUT2D eigenvalue weighted by atomic mass is 10.0. The summed E-state index contributed by atoms with van der Waals surface area (Å²) in [5.74, 6) is 5.77. The second-order valence-corrected chi connectivity index (χ2v) is 5.59. The van der Waals surface area contributed by atoms with E-state index in [0.717, 1.165) is 29.9 Å². The zero-order valence-corrected chi connectivity index (χ0v) is 13.4. The third kappa shape index (κ3) is 3.37. The number of benzene rings is 1. The molecule has 0 aliphatic carbocycles. The van der Waals surface area contributed by atoms with Gasteiger partial charge in [-0.25, -0.2) is 5.43 Å². The molecule has 0 spiro atoms. The van der Waals surface area contributed by atoms with E-state index >= 15 is 0 Å². The number of nitrogens with one attached hydrogen (secondary N) is 1. The molecule has 0 saturated carbocycles. The van der Waals surface area contributed by atoms with E-state index in [1.54, 1.807) is 6.20 Å². The Morgan fingerprint density at radius 3 is 2.52 bits per heavy atom. The Balaban J connectivity index is 2.37. The van der Waals surface area contributed by atoms with Crippen molar-refractivity contribution in [3.8, 4) is 0 Å². The highest BCUT2D eigenvalue weighted by molar-refractivity contribution is 6.31. The number of rotatable bonds is 6. The molecule has 0 fully saturated rings. The van der Waals surface area contributed by atoms with Crippen molar-refractivity contribution >= 4 is 17.3 Å². The summed E-state index contributed by atoms with van der Waals surface area (Å²) in [5.41, 5.74) is 5.95. The van der Waals surface area contributed by atoms with Crippen LogP contribution in [0.25, 0.3) is 0 Å². The standard InChI is InChI=1S/C15H22ClN5/c1-4-9-21-15(13(16)10-18-21)14(19-17)11-5-7-12(8-6-11)20(2)3/h5-8,10,14,19H,4,9,17H2,1-3H3. The number of hydrogen-bond acceptors (Lipinski definition) is 4. The van der Waals surface area contributed by atoms with Gasteiger partial charge in [-0.05, 0) is 24.1 Å². The van der Waals surface area contributed by atoms with Crippen molar-refractivity contribution in [3.05, 3.63) is 46.7 Å². The predicted molar refractivity (Wildman–Crippen MR) is 87.5 cm³/mol. The summed E-state index contributed by atoms with van der Waals surface area (Å²) in [7, 11) is 4.03. The minimum absolute atomic E-state index is 0.178. The summed E-state index contributed by atoms with van der Waals surface area (Å²) in [6, 6.07) is 8.06. The van der Waals surface area contributed by atoms with E-state index in [-0.39, 0.29) is 6.04 Å². The third-order valence-electron chi connectivity index (χ3n) is 3.45. The molecule has 2 aromatic rings. The van der Waals surface area contributed by atoms with Gasteiger partial charge in [0, 0.05) is 26.3 Å². The maximum absolute atomic E-state index is 6.30. The average Bonchev–Trinajstić information content (AvgIpc) is 2.83. The van der Waals surface area contributed by atoms with Gasteiger partial charge in [0.05, 0.1) is 23.0 Å². The van der Waals surface area contributed by atoms with E-state index in [4.69, 9.17) is 17.4 Å². The molecule has 0 aliphatic rings. The van der Waals surface area contributed by atoms with Gasteiger partial charge >= 0.3 is 0 Å². The number of aromatic nitrogens is 2. The van der Waals surface area contributed by atoms with Crippen LogP contribution in [0.2, 0.25) is 5.02 Å². The first kappa shape index (κ1) is 15.8. The Morgan fingerprint density at radius 2 is 2.00 bits per heavy atom. The number of nitrogens with zero attached hydrogens (tertiary/aromatic N) is 3. The van der Waals surface area contributed by atoms with Crippen molar-refractivity contribution in [2.24, 2.45) is 5.84 Å². The highest BCUT2D eigenvalue weighted by atomic mass is 35.5. The number of aryl methyl sites for hydroxylation is 1. The largest absolute Gasteiger partial charge is 0.378 e. The third-order valence-corrected chi connectivity index (χ3v) is 3.74. The molecule has 21 heavy (non-hydrogen) atoms. The highest BCUT2D eigenvalue weighted by Crippen LogP contribution is 2.29. The van der Waals surface area contributed by atoms with Gasteiger partial charge in [0.2, 0.25) is 0 Å². The molecular formula is C15H22ClN5. The topological polar surface area (TPSA) is 59.1 Å². The lowest BCUT2D eigenvalue weighted by molar-refractivity contribution is 0.521. The highest BCUT2D eigenvalue weighted by Gasteiger charge is 2.21. The zero-order valence-electron chi connectivity index (χ0n) is 12.7. The van der Waals surface area contributed by atoms with E-state index in [1.807, 2.05) is 18.8 Å². The summed E-state index contributed by atoms with van der Waals surface area (Å²) in [4.78, 5) is 2.06. The minimum Gasteiger partial charge on any atom is -0.378 e. The summed E-state index contributed by atoms with van der Waals surface area (Å²) in [6.45, 7) is 2.92. The molecule has 6 heteroatoms. The van der Waals surface area contributed by atoms with E-state index in [2.05, 4.69) is 46.6 Å². The number of hydrazine groups is 1. The van der Waals surface area contributed by atoms with Crippen LogP contribution in [0.3, 0.4) is 0 Å². The van der Waals surface area contributed by atoms with E-state index in [9.17, 15) is 0 Å². The summed E-state index contributed by atoms with van der Waals surface area (Å²) < 4.78 is 1.91. The Kier molecular flexibility index (Phi) is 5.22. The van der Waals surface area contributed by atoms with Gasteiger partial charge in [-0.15, -0.1) is 0 Å². The summed E-state index contributed by atoms with van der Waals surface area (Å²) >= 11 is 6.30. The van der Waals surface area contributed by atoms with E-state index in [0.29, 0.717) is 5.02 Å². The fourth-order valence-corrected chi connectivity index (χ4v) is 2.60. The Labute approximate surface area is 130 Å². The summed E-state index contributed by atoms with van der Waals surface area (Å²) in [5, 5.41) is 4.95. The average molecular weight is 308 g/mol. The number of nitrogens with two attached hydrogens (primary N) is 1. The van der Waals surface area contributed by atoms with Crippen molar-refractivity contribution in [2.45, 2.75) is 25.9 Å². The Morgan fingerprint density at radius 1 is 1.33 bits per heavy atom. The molecule has 5 nitrogen and oxygen atoms in total. The van der Waals surface area contributed by atoms with Crippen LogP contribution in [0.5, 0.6) is 0 Å². The van der Waals surface area contributed by atoms with Crippen LogP contribution in [0, 0.1) is 0 Å². The van der Waals surface area contributed by atoms with Crippen molar-refractivity contribution in [2.75, 3.05) is 19.0 Å². The molecule has 1 aromatic heterocycles. The van der Waals surface area contributed by atoms with Crippen LogP contribution in [-0.2, 0) is 6.54 Å². The Bertz CT molecular complexity index is 576. The lowest BCUT2D eigenvalue weighted by Crippen LogP contribution is -2.31. The van der Waals surface area contributed by atoms with E-state index in [1.165, 1.54) is 0 Å². The molecule has 1 aromatic carbocycles. The monoisotopic (exact) mass is 307 g/mol. The number of halogens is 1. The van der Waals surface area contributed by atoms with Crippen molar-refractivity contribution in [1.29, 1.82) is 0 Å². The van der Waals surface area contributed by atoms with E-state index < -0.39 is 0 Å². The smallest absolute Gasteiger partial charge is 0.0893 e. The molecule has 0 radical (unpaired) electrons. The molecule has 2 rings (SSSR count). The molecule has 0 amide bonds. The molecule has 0 bridgehead atoms. The van der Waals surface area contributed by atoms with Crippen molar-refractivity contribution < 1.29 is 0 Å². The quantitative estimate of drug-likeness (QED) is 0.636. The minimum atomic E-state index is -0.178. The van der Waals surface area contributed by atoms with Crippen LogP contribution in [-0.4, -0.2) is 23.9 Å². The van der Waals surface area contributed by atoms with Crippen LogP contribution < -0.4 is 16.2 Å². The van der Waals surface area contributed by atoms with Crippen molar-refractivity contribution in [3.63, 3.8) is 0 Å². The zero-order chi connectivity index (χ0) is 15.4. The SMILES string of the molecule is CCCn1ncc(Cl)c1C(NN)c1ccc(N(C)C)cc1. The second-order valence-electron chi connectivity index (χ2n) is 5.19. The van der Waals surface area contributed by atoms with Gasteiger partial charge in [-0.3, -0.25) is 10.5 Å². The number of anilines is 1. The van der Waals surface area contributed by atoms with Gasteiger partial charge in [-0.1, -0.05) is 30.7 Å². The van der Waals surface area contributed by atoms with Crippen LogP contribution in [0.15, 0.2) is 30.5 Å². The molecule has 114 valence electrons. The van der Waals surface area contributed by atoms with Gasteiger partial charge in [0.1, 0.15) is 0 Å². The van der Waals surface area contributed by atoms with Crippen LogP contribution in [0.1, 0.15) is 30.6 Å². The fourth-order valence-electron chi connectivity index (χ4n) is 2.35. The van der Waals surface area contributed by atoms with Crippen LogP contribution in [0.4, 0.5) is 5.69 Å². The molecule has 0 saturated heterocycles.